The molecule has 0 unspecified atom stereocenters. The fourth-order valence-corrected chi connectivity index (χ4v) is 4.16. The number of carbonyl (C=O) groups is 2. The Morgan fingerprint density at radius 3 is 2.58 bits per heavy atom. The van der Waals surface area contributed by atoms with Gasteiger partial charge in [-0.15, -0.1) is 0 Å². The minimum absolute atomic E-state index is 0.0346. The zero-order valence-corrected chi connectivity index (χ0v) is 21.0. The second kappa shape index (κ2) is 10.1. The molecule has 36 heavy (non-hydrogen) atoms. The van der Waals surface area contributed by atoms with Crippen molar-refractivity contribution in [3.8, 4) is 22.9 Å². The average molecular weight is 495 g/mol. The number of pyridine rings is 1. The summed E-state index contributed by atoms with van der Waals surface area (Å²) in [5.74, 6) is 1.13. The summed E-state index contributed by atoms with van der Waals surface area (Å²) < 4.78 is 26.1. The largest absolute Gasteiger partial charge is 0.486 e. The van der Waals surface area contributed by atoms with E-state index in [0.29, 0.717) is 18.3 Å². The molecule has 1 saturated heterocycles. The van der Waals surface area contributed by atoms with Gasteiger partial charge in [0.05, 0.1) is 12.1 Å². The summed E-state index contributed by atoms with van der Waals surface area (Å²) in [7, 11) is 0. The van der Waals surface area contributed by atoms with Crippen LogP contribution in [-0.2, 0) is 9.53 Å². The van der Waals surface area contributed by atoms with Gasteiger partial charge in [-0.2, -0.15) is 5.26 Å². The van der Waals surface area contributed by atoms with Crippen molar-refractivity contribution in [3.63, 3.8) is 0 Å². The van der Waals surface area contributed by atoms with Crippen molar-refractivity contribution in [2.24, 2.45) is 11.8 Å². The van der Waals surface area contributed by atoms with Crippen LogP contribution in [0.3, 0.4) is 0 Å². The zero-order chi connectivity index (χ0) is 26.0. The number of anilines is 1. The van der Waals surface area contributed by atoms with E-state index in [1.165, 1.54) is 4.90 Å². The molecule has 1 aromatic heterocycles. The quantitative estimate of drug-likeness (QED) is 0.631. The van der Waals surface area contributed by atoms with E-state index >= 15 is 0 Å². The number of alkyl halides is 1. The van der Waals surface area contributed by atoms with Crippen LogP contribution in [0, 0.1) is 23.2 Å². The van der Waals surface area contributed by atoms with E-state index in [-0.39, 0.29) is 36.1 Å². The highest BCUT2D eigenvalue weighted by atomic mass is 19.1. The molecule has 9 heteroatoms. The molecule has 2 aliphatic rings. The molecule has 8 nitrogen and oxygen atoms in total. The maximum Gasteiger partial charge on any atom is 0.410 e. The molecule has 0 spiro atoms. The number of likely N-dealkylation sites (tertiary alicyclic amines) is 1. The summed E-state index contributed by atoms with van der Waals surface area (Å²) in [5.41, 5.74) is 1.13. The van der Waals surface area contributed by atoms with Crippen molar-refractivity contribution < 1.29 is 23.5 Å². The lowest BCUT2D eigenvalue weighted by Gasteiger charge is -2.35. The lowest BCUT2D eigenvalue weighted by Crippen LogP contribution is -2.50. The van der Waals surface area contributed by atoms with Gasteiger partial charge in [-0.3, -0.25) is 4.79 Å². The van der Waals surface area contributed by atoms with E-state index in [4.69, 9.17) is 9.47 Å². The number of hydrogen-bond acceptors (Lipinski definition) is 6. The molecule has 1 aliphatic carbocycles. The molecule has 1 saturated carbocycles. The molecule has 1 aromatic carbocycles. The van der Waals surface area contributed by atoms with Crippen molar-refractivity contribution in [1.82, 2.24) is 9.88 Å². The number of nitriles is 1. The van der Waals surface area contributed by atoms with Gasteiger partial charge in [0, 0.05) is 25.1 Å². The molecule has 2 aromatic rings. The Balaban J connectivity index is 1.42. The van der Waals surface area contributed by atoms with Crippen molar-refractivity contribution in [1.29, 1.82) is 5.26 Å². The highest BCUT2D eigenvalue weighted by Crippen LogP contribution is 2.38. The first-order valence-electron chi connectivity index (χ1n) is 12.1. The van der Waals surface area contributed by atoms with Crippen LogP contribution in [0.2, 0.25) is 0 Å². The van der Waals surface area contributed by atoms with E-state index in [1.807, 2.05) is 6.92 Å². The topological polar surface area (TPSA) is 105 Å². The third-order valence-electron chi connectivity index (χ3n) is 6.30. The number of aromatic nitrogens is 1. The first-order chi connectivity index (χ1) is 17.0. The molecule has 4 rings (SSSR count). The van der Waals surface area contributed by atoms with Crippen molar-refractivity contribution >= 4 is 17.8 Å². The fraction of sp³-hybridized carbons (Fsp3) is 0.481. The number of piperidine rings is 1. The van der Waals surface area contributed by atoms with Gasteiger partial charge in [-0.25, -0.2) is 14.2 Å². The Kier molecular flexibility index (Phi) is 7.16. The number of rotatable bonds is 5. The molecular weight excluding hydrogens is 463 g/mol. The van der Waals surface area contributed by atoms with Crippen LogP contribution in [0.4, 0.5) is 15.0 Å². The number of benzene rings is 1. The number of halogens is 1. The number of nitrogens with zero attached hydrogens (tertiary/aromatic N) is 3. The smallest absolute Gasteiger partial charge is 0.410 e. The number of nitrogens with one attached hydrogen (secondary N) is 1. The van der Waals surface area contributed by atoms with Crippen LogP contribution in [0.5, 0.6) is 5.75 Å². The highest BCUT2D eigenvalue weighted by Gasteiger charge is 2.39. The lowest BCUT2D eigenvalue weighted by molar-refractivity contribution is -0.117. The van der Waals surface area contributed by atoms with Gasteiger partial charge in [-0.1, -0.05) is 13.0 Å². The van der Waals surface area contributed by atoms with Crippen molar-refractivity contribution in [3.05, 3.63) is 42.1 Å². The molecule has 0 radical (unpaired) electrons. The molecular formula is C27H31FN4O4. The first-order valence-corrected chi connectivity index (χ1v) is 12.1. The predicted molar refractivity (Wildman–Crippen MR) is 132 cm³/mol. The molecule has 190 valence electrons. The Morgan fingerprint density at radius 1 is 1.22 bits per heavy atom. The number of carbonyl (C=O) groups excluding carboxylic acids is 2. The van der Waals surface area contributed by atoms with Crippen LogP contribution in [0.1, 0.15) is 46.1 Å². The molecule has 2 heterocycles. The SMILES string of the molecule is C[C@@H]1C[C@H]1C(=O)Nc1cc(-c2ccc(O[C@H]3CCN(C(=O)OC(C)(C)C)C[C@H]3F)c(C#N)c2)ccn1. The molecule has 2 amide bonds. The Hall–Kier alpha value is -3.67. The monoisotopic (exact) mass is 494 g/mol. The van der Waals surface area contributed by atoms with Gasteiger partial charge in [0.25, 0.3) is 0 Å². The Labute approximate surface area is 210 Å². The molecule has 2 fully saturated rings. The molecule has 1 N–H and O–H groups in total. The summed E-state index contributed by atoms with van der Waals surface area (Å²) in [4.78, 5) is 30.1. The van der Waals surface area contributed by atoms with E-state index in [1.54, 1.807) is 57.3 Å². The summed E-state index contributed by atoms with van der Waals surface area (Å²) in [6.45, 7) is 7.49. The van der Waals surface area contributed by atoms with Gasteiger partial charge in [-0.05, 0) is 68.5 Å². The zero-order valence-electron chi connectivity index (χ0n) is 21.0. The van der Waals surface area contributed by atoms with Crippen LogP contribution < -0.4 is 10.1 Å². The maximum atomic E-state index is 14.9. The van der Waals surface area contributed by atoms with Gasteiger partial charge in [0.2, 0.25) is 5.91 Å². The highest BCUT2D eigenvalue weighted by molar-refractivity contribution is 5.94. The van der Waals surface area contributed by atoms with Gasteiger partial charge in [0.15, 0.2) is 6.17 Å². The number of ether oxygens (including phenoxy) is 2. The van der Waals surface area contributed by atoms with Crippen molar-refractivity contribution in [2.75, 3.05) is 18.4 Å². The standard InChI is InChI=1S/C27H31FN4O4/c1-16-11-20(16)25(33)31-24-13-18(7-9-30-24)17-5-6-22(19(12-17)14-29)35-23-8-10-32(15-21(23)28)26(34)36-27(2,3)4/h5-7,9,12-13,16,20-21,23H,8,10-11,15H2,1-4H3,(H,30,31,33)/t16-,20-,21-,23+/m1/s1. The van der Waals surface area contributed by atoms with Crippen LogP contribution in [0.15, 0.2) is 36.5 Å². The van der Waals surface area contributed by atoms with E-state index < -0.39 is 24.0 Å². The minimum Gasteiger partial charge on any atom is -0.486 e. The molecule has 0 bridgehead atoms. The van der Waals surface area contributed by atoms with E-state index in [0.717, 1.165) is 17.5 Å². The normalized spacial score (nSPS) is 23.4. The summed E-state index contributed by atoms with van der Waals surface area (Å²) in [6, 6.07) is 10.8. The van der Waals surface area contributed by atoms with Crippen LogP contribution >= 0.6 is 0 Å². The summed E-state index contributed by atoms with van der Waals surface area (Å²) in [5, 5.41) is 12.6. The summed E-state index contributed by atoms with van der Waals surface area (Å²) in [6.07, 6.45) is 0.0137. The van der Waals surface area contributed by atoms with Crippen molar-refractivity contribution in [2.45, 2.75) is 58.4 Å². The van der Waals surface area contributed by atoms with Gasteiger partial charge >= 0.3 is 6.09 Å². The lowest BCUT2D eigenvalue weighted by atomic mass is 10.0. The Bertz CT molecular complexity index is 1190. The maximum absolute atomic E-state index is 14.9. The fourth-order valence-electron chi connectivity index (χ4n) is 4.16. The third-order valence-corrected chi connectivity index (χ3v) is 6.30. The van der Waals surface area contributed by atoms with Crippen LogP contribution in [0.25, 0.3) is 11.1 Å². The second-order valence-corrected chi connectivity index (χ2v) is 10.4. The first kappa shape index (κ1) is 25.4. The minimum atomic E-state index is -1.42. The van der Waals surface area contributed by atoms with Gasteiger partial charge in [0.1, 0.15) is 29.3 Å². The van der Waals surface area contributed by atoms with Gasteiger partial charge < -0.3 is 19.7 Å². The number of amides is 2. The second-order valence-electron chi connectivity index (χ2n) is 10.4. The van der Waals surface area contributed by atoms with E-state index in [2.05, 4.69) is 16.4 Å². The molecule has 1 aliphatic heterocycles. The number of hydrogen-bond donors (Lipinski definition) is 1. The van der Waals surface area contributed by atoms with Crippen LogP contribution in [-0.4, -0.2) is 52.9 Å². The Morgan fingerprint density at radius 2 is 1.94 bits per heavy atom. The van der Waals surface area contributed by atoms with E-state index in [9.17, 15) is 19.2 Å². The average Bonchev–Trinajstić information content (AvgIpc) is 3.56. The third kappa shape index (κ3) is 6.11. The summed E-state index contributed by atoms with van der Waals surface area (Å²) >= 11 is 0. The predicted octanol–water partition coefficient (Wildman–Crippen LogP) is 4.94. The molecule has 4 atom stereocenters.